The van der Waals surface area contributed by atoms with E-state index >= 15 is 0 Å². The zero-order valence-electron chi connectivity index (χ0n) is 10.8. The first kappa shape index (κ1) is 22.1. The molecule has 0 fully saturated rings. The molecular weight excluding hydrogens is 264 g/mol. The quantitative estimate of drug-likeness (QED) is 0.387. The summed E-state index contributed by atoms with van der Waals surface area (Å²) in [5, 5.41) is 31.0. The number of esters is 1. The number of ether oxygens (including phenoxy) is 1. The maximum absolute atomic E-state index is 10.7. The third kappa shape index (κ3) is 21.6. The Morgan fingerprint density at radius 3 is 1.63 bits per heavy atom. The van der Waals surface area contributed by atoms with Gasteiger partial charge in [0.25, 0.3) is 5.97 Å². The van der Waals surface area contributed by atoms with Crippen molar-refractivity contribution in [3.05, 3.63) is 0 Å². The standard InChI is InChI=1S/C7H10O6.C2H4O2.CH4O/c1-2-4(7(11)12)13-6(10)3-5(8)9;1-2(3)4;1-2/h4H,2-3H2,1H3,(H,8,9)(H,11,12);1H3,(H,3,4);2H,1H3. The summed E-state index contributed by atoms with van der Waals surface area (Å²) >= 11 is 0. The fourth-order valence-electron chi connectivity index (χ4n) is 0.632. The monoisotopic (exact) mass is 282 g/mol. The predicted molar refractivity (Wildman–Crippen MR) is 61.5 cm³/mol. The molecule has 19 heavy (non-hydrogen) atoms. The van der Waals surface area contributed by atoms with E-state index in [1.54, 1.807) is 0 Å². The molecule has 0 saturated heterocycles. The Morgan fingerprint density at radius 1 is 1.05 bits per heavy atom. The molecule has 1 atom stereocenters. The van der Waals surface area contributed by atoms with E-state index in [-0.39, 0.29) is 6.42 Å². The van der Waals surface area contributed by atoms with Crippen molar-refractivity contribution < 1.29 is 44.3 Å². The SMILES string of the molecule is CC(=O)O.CCC(OC(=O)CC(=O)O)C(=O)O.CO. The van der Waals surface area contributed by atoms with Crippen LogP contribution in [-0.2, 0) is 23.9 Å². The molecule has 0 aliphatic rings. The van der Waals surface area contributed by atoms with E-state index in [0.29, 0.717) is 0 Å². The van der Waals surface area contributed by atoms with Crippen molar-refractivity contribution in [2.45, 2.75) is 32.8 Å². The highest BCUT2D eigenvalue weighted by Crippen LogP contribution is 2.00. The normalized spacial score (nSPS) is 9.68. The first-order valence-electron chi connectivity index (χ1n) is 4.99. The second kappa shape index (κ2) is 13.9. The van der Waals surface area contributed by atoms with Gasteiger partial charge in [-0.3, -0.25) is 14.4 Å². The number of hydrogen-bond donors (Lipinski definition) is 4. The molecule has 0 amide bonds. The number of carboxylic acids is 3. The van der Waals surface area contributed by atoms with Gasteiger partial charge in [-0.2, -0.15) is 0 Å². The van der Waals surface area contributed by atoms with Gasteiger partial charge < -0.3 is 25.2 Å². The van der Waals surface area contributed by atoms with Crippen LogP contribution in [0.15, 0.2) is 0 Å². The highest BCUT2D eigenvalue weighted by Gasteiger charge is 2.21. The van der Waals surface area contributed by atoms with E-state index in [1.165, 1.54) is 6.92 Å². The van der Waals surface area contributed by atoms with Gasteiger partial charge in [-0.1, -0.05) is 6.92 Å². The van der Waals surface area contributed by atoms with Gasteiger partial charge in [-0.05, 0) is 6.42 Å². The van der Waals surface area contributed by atoms with E-state index in [4.69, 9.17) is 25.2 Å². The fraction of sp³-hybridized carbons (Fsp3) is 0.600. The number of rotatable bonds is 5. The number of aliphatic carboxylic acids is 3. The van der Waals surface area contributed by atoms with Crippen molar-refractivity contribution in [1.29, 1.82) is 0 Å². The van der Waals surface area contributed by atoms with Crippen LogP contribution in [0.1, 0.15) is 26.7 Å². The van der Waals surface area contributed by atoms with Crippen molar-refractivity contribution in [3.63, 3.8) is 0 Å². The molecule has 0 rings (SSSR count). The predicted octanol–water partition coefficient (Wildman–Crippen LogP) is -0.433. The van der Waals surface area contributed by atoms with Gasteiger partial charge in [-0.25, -0.2) is 4.79 Å². The van der Waals surface area contributed by atoms with Gasteiger partial charge in [0, 0.05) is 14.0 Å². The molecular formula is C10H18O9. The average molecular weight is 282 g/mol. The molecule has 112 valence electrons. The largest absolute Gasteiger partial charge is 0.481 e. The summed E-state index contributed by atoms with van der Waals surface area (Å²) in [4.78, 5) is 40.0. The molecule has 0 spiro atoms. The first-order chi connectivity index (χ1) is 8.70. The first-order valence-corrected chi connectivity index (χ1v) is 4.99. The lowest BCUT2D eigenvalue weighted by atomic mass is 10.3. The molecule has 0 heterocycles. The minimum Gasteiger partial charge on any atom is -0.481 e. The van der Waals surface area contributed by atoms with Crippen LogP contribution < -0.4 is 0 Å². The second-order valence-corrected chi connectivity index (χ2v) is 2.81. The molecule has 0 aromatic rings. The van der Waals surface area contributed by atoms with E-state index in [9.17, 15) is 14.4 Å². The van der Waals surface area contributed by atoms with Crippen LogP contribution in [-0.4, -0.2) is 57.5 Å². The molecule has 0 aromatic carbocycles. The maximum Gasteiger partial charge on any atom is 0.345 e. The zero-order chi connectivity index (χ0) is 16.0. The van der Waals surface area contributed by atoms with Gasteiger partial charge in [0.2, 0.25) is 0 Å². The van der Waals surface area contributed by atoms with E-state index in [1.807, 2.05) is 0 Å². The zero-order valence-corrected chi connectivity index (χ0v) is 10.8. The molecule has 0 aromatic heterocycles. The Labute approximate surface area is 109 Å². The van der Waals surface area contributed by atoms with Gasteiger partial charge in [-0.15, -0.1) is 0 Å². The van der Waals surface area contributed by atoms with Crippen LogP contribution in [0, 0.1) is 0 Å². The summed E-state index contributed by atoms with van der Waals surface area (Å²) in [7, 11) is 1.00. The lowest BCUT2D eigenvalue weighted by Crippen LogP contribution is -2.27. The molecule has 0 aliphatic heterocycles. The van der Waals surface area contributed by atoms with Crippen molar-refractivity contribution in [3.8, 4) is 0 Å². The van der Waals surface area contributed by atoms with Gasteiger partial charge in [0.05, 0.1) is 0 Å². The topological polar surface area (TPSA) is 158 Å². The minimum atomic E-state index is -1.34. The third-order valence-corrected chi connectivity index (χ3v) is 1.22. The van der Waals surface area contributed by atoms with Crippen LogP contribution >= 0.6 is 0 Å². The van der Waals surface area contributed by atoms with Gasteiger partial charge in [0.15, 0.2) is 6.10 Å². The summed E-state index contributed by atoms with van der Waals surface area (Å²) in [5.41, 5.74) is 0. The Bertz CT molecular complexity index is 293. The molecule has 9 heteroatoms. The van der Waals surface area contributed by atoms with Gasteiger partial charge >= 0.3 is 17.9 Å². The second-order valence-electron chi connectivity index (χ2n) is 2.81. The highest BCUT2D eigenvalue weighted by atomic mass is 16.6. The minimum absolute atomic E-state index is 0.112. The molecule has 9 nitrogen and oxygen atoms in total. The molecule has 0 aliphatic carbocycles. The third-order valence-electron chi connectivity index (χ3n) is 1.22. The van der Waals surface area contributed by atoms with E-state index in [0.717, 1.165) is 14.0 Å². The highest BCUT2D eigenvalue weighted by molar-refractivity contribution is 5.91. The van der Waals surface area contributed by atoms with E-state index in [2.05, 4.69) is 4.74 Å². The number of hydrogen-bond acceptors (Lipinski definition) is 6. The van der Waals surface area contributed by atoms with Crippen molar-refractivity contribution >= 4 is 23.9 Å². The lowest BCUT2D eigenvalue weighted by Gasteiger charge is -2.09. The number of carboxylic acid groups (broad SMARTS) is 3. The van der Waals surface area contributed by atoms with Gasteiger partial charge in [0.1, 0.15) is 6.42 Å². The molecule has 0 saturated carbocycles. The summed E-state index contributed by atoms with van der Waals surface area (Å²) in [6, 6.07) is 0. The van der Waals surface area contributed by atoms with Crippen LogP contribution in [0.5, 0.6) is 0 Å². The van der Waals surface area contributed by atoms with Crippen LogP contribution in [0.4, 0.5) is 0 Å². The van der Waals surface area contributed by atoms with Crippen molar-refractivity contribution in [2.75, 3.05) is 7.11 Å². The summed E-state index contributed by atoms with van der Waals surface area (Å²) in [5.74, 6) is -4.49. The van der Waals surface area contributed by atoms with Crippen LogP contribution in [0.2, 0.25) is 0 Å². The Kier molecular flexibility index (Phi) is 16.1. The summed E-state index contributed by atoms with van der Waals surface area (Å²) < 4.78 is 4.35. The van der Waals surface area contributed by atoms with Crippen molar-refractivity contribution in [1.82, 2.24) is 0 Å². The fourth-order valence-corrected chi connectivity index (χ4v) is 0.632. The number of aliphatic hydroxyl groups is 1. The van der Waals surface area contributed by atoms with E-state index < -0.39 is 36.4 Å². The molecule has 4 N–H and O–H groups in total. The number of carbonyl (C=O) groups is 4. The average Bonchev–Trinajstić information content (AvgIpc) is 2.26. The Hall–Kier alpha value is -2.16. The number of aliphatic hydroxyl groups excluding tert-OH is 1. The van der Waals surface area contributed by atoms with Crippen molar-refractivity contribution in [2.24, 2.45) is 0 Å². The smallest absolute Gasteiger partial charge is 0.345 e. The summed E-state index contributed by atoms with van der Waals surface area (Å²) in [6.45, 7) is 2.60. The van der Waals surface area contributed by atoms with Crippen LogP contribution in [0.3, 0.4) is 0 Å². The Balaban J connectivity index is -0.000000361. The lowest BCUT2D eigenvalue weighted by molar-refractivity contribution is -0.166. The molecule has 0 radical (unpaired) electrons. The number of carbonyl (C=O) groups excluding carboxylic acids is 1. The maximum atomic E-state index is 10.7. The Morgan fingerprint density at radius 2 is 1.42 bits per heavy atom. The molecule has 0 bridgehead atoms. The molecule has 1 unspecified atom stereocenters. The summed E-state index contributed by atoms with van der Waals surface area (Å²) in [6.07, 6.45) is -1.96. The van der Waals surface area contributed by atoms with Crippen LogP contribution in [0.25, 0.3) is 0 Å².